The summed E-state index contributed by atoms with van der Waals surface area (Å²) in [5.41, 5.74) is 1.06. The minimum atomic E-state index is -0.894. The molecule has 0 bridgehead atoms. The number of carbonyl (C=O) groups excluding carboxylic acids is 1. The van der Waals surface area contributed by atoms with Gasteiger partial charge in [-0.3, -0.25) is 0 Å². The van der Waals surface area contributed by atoms with E-state index < -0.39 is 11.9 Å². The summed E-state index contributed by atoms with van der Waals surface area (Å²) in [5.74, 6) is -0.958. The number of carbonyl (C=O) groups is 1. The number of methoxy groups -OCH3 is 2. The van der Waals surface area contributed by atoms with Crippen LogP contribution < -0.4 is 0 Å². The maximum Gasteiger partial charge on any atom is 0.409 e. The predicted octanol–water partition coefficient (Wildman–Crippen LogP) is 3.45. The van der Waals surface area contributed by atoms with E-state index in [-0.39, 0.29) is 12.0 Å². The molecule has 1 aromatic rings. The second kappa shape index (κ2) is 9.90. The fourth-order valence-electron chi connectivity index (χ4n) is 3.41. The van der Waals surface area contributed by atoms with Crippen LogP contribution in [-0.4, -0.2) is 56.8 Å². The molecule has 6 heteroatoms. The molecule has 2 atom stereocenters. The van der Waals surface area contributed by atoms with E-state index in [2.05, 4.69) is 6.92 Å². The van der Waals surface area contributed by atoms with Crippen molar-refractivity contribution in [3.05, 3.63) is 35.9 Å². The number of piperidine rings is 1. The van der Waals surface area contributed by atoms with Gasteiger partial charge in [-0.25, -0.2) is 4.79 Å². The Morgan fingerprint density at radius 2 is 1.88 bits per heavy atom. The zero-order valence-electron chi connectivity index (χ0n) is 16.3. The second-order valence-electron chi connectivity index (χ2n) is 6.69. The van der Waals surface area contributed by atoms with E-state index in [0.29, 0.717) is 26.3 Å². The Kier molecular flexibility index (Phi) is 7.87. The van der Waals surface area contributed by atoms with E-state index in [1.54, 1.807) is 19.1 Å². The highest BCUT2D eigenvalue weighted by atomic mass is 16.7. The van der Waals surface area contributed by atoms with Crippen molar-refractivity contribution < 1.29 is 23.7 Å². The zero-order valence-corrected chi connectivity index (χ0v) is 16.3. The highest BCUT2D eigenvalue weighted by molar-refractivity contribution is 5.67. The Bertz CT molecular complexity index is 546. The van der Waals surface area contributed by atoms with Gasteiger partial charge in [0, 0.05) is 26.7 Å². The quantitative estimate of drug-likeness (QED) is 0.522. The molecule has 6 nitrogen and oxygen atoms in total. The van der Waals surface area contributed by atoms with Crippen LogP contribution in [0.3, 0.4) is 0 Å². The van der Waals surface area contributed by atoms with E-state index in [9.17, 15) is 4.79 Å². The van der Waals surface area contributed by atoms with Gasteiger partial charge in [0.1, 0.15) is 6.10 Å². The topological polar surface area (TPSA) is 57.2 Å². The van der Waals surface area contributed by atoms with Crippen LogP contribution in [0.25, 0.3) is 0 Å². The Morgan fingerprint density at radius 1 is 1.19 bits per heavy atom. The fourth-order valence-corrected chi connectivity index (χ4v) is 3.41. The first-order valence-corrected chi connectivity index (χ1v) is 9.24. The molecule has 146 valence electrons. The standard InChI is InChI=1S/C20H31NO5/c1-5-6-12-25-19(22)21-13-16(2)20(23-3,24-4)18(14-21)26-15-17-10-8-7-9-11-17/h7-11,16,18H,5-6,12-15H2,1-4H3. The number of benzene rings is 1. The summed E-state index contributed by atoms with van der Waals surface area (Å²) in [5, 5.41) is 0. The molecule has 0 aliphatic carbocycles. The van der Waals surface area contributed by atoms with Crippen LogP contribution in [0.4, 0.5) is 4.79 Å². The molecule has 1 fully saturated rings. The van der Waals surface area contributed by atoms with Crippen molar-refractivity contribution in [3.63, 3.8) is 0 Å². The molecule has 1 aromatic carbocycles. The second-order valence-corrected chi connectivity index (χ2v) is 6.69. The number of amides is 1. The minimum Gasteiger partial charge on any atom is -0.449 e. The molecule has 0 aromatic heterocycles. The largest absolute Gasteiger partial charge is 0.449 e. The normalized spacial score (nSPS) is 22.2. The van der Waals surface area contributed by atoms with Crippen LogP contribution in [0.15, 0.2) is 30.3 Å². The molecule has 1 aliphatic rings. The van der Waals surface area contributed by atoms with Crippen LogP contribution in [0.2, 0.25) is 0 Å². The number of hydrogen-bond donors (Lipinski definition) is 0. The van der Waals surface area contributed by atoms with Crippen LogP contribution in [0, 0.1) is 5.92 Å². The van der Waals surface area contributed by atoms with Gasteiger partial charge in [0.2, 0.25) is 0 Å². The summed E-state index contributed by atoms with van der Waals surface area (Å²) in [7, 11) is 3.24. The van der Waals surface area contributed by atoms with Gasteiger partial charge in [-0.15, -0.1) is 0 Å². The Morgan fingerprint density at radius 3 is 2.50 bits per heavy atom. The Balaban J connectivity index is 2.08. The smallest absolute Gasteiger partial charge is 0.409 e. The van der Waals surface area contributed by atoms with Crippen LogP contribution >= 0.6 is 0 Å². The maximum atomic E-state index is 12.4. The lowest BCUT2D eigenvalue weighted by Crippen LogP contribution is -2.64. The summed E-state index contributed by atoms with van der Waals surface area (Å²) in [4.78, 5) is 14.1. The first-order chi connectivity index (χ1) is 12.6. The van der Waals surface area contributed by atoms with E-state index >= 15 is 0 Å². The van der Waals surface area contributed by atoms with E-state index in [4.69, 9.17) is 18.9 Å². The average molecular weight is 365 g/mol. The maximum absolute atomic E-state index is 12.4. The molecular formula is C20H31NO5. The van der Waals surface area contributed by atoms with E-state index in [1.165, 1.54) is 0 Å². The van der Waals surface area contributed by atoms with Crippen LogP contribution in [0.1, 0.15) is 32.3 Å². The fraction of sp³-hybridized carbons (Fsp3) is 0.650. The van der Waals surface area contributed by atoms with Gasteiger partial charge in [0.25, 0.3) is 0 Å². The molecular weight excluding hydrogens is 334 g/mol. The molecule has 26 heavy (non-hydrogen) atoms. The predicted molar refractivity (Wildman–Crippen MR) is 98.8 cm³/mol. The summed E-state index contributed by atoms with van der Waals surface area (Å²) in [6, 6.07) is 9.92. The third kappa shape index (κ3) is 4.75. The highest BCUT2D eigenvalue weighted by Crippen LogP contribution is 2.34. The molecule has 1 amide bonds. The molecule has 0 spiro atoms. The first-order valence-electron chi connectivity index (χ1n) is 9.24. The van der Waals surface area contributed by atoms with Gasteiger partial charge in [0.15, 0.2) is 5.79 Å². The number of hydrogen-bond acceptors (Lipinski definition) is 5. The van der Waals surface area contributed by atoms with Gasteiger partial charge in [-0.2, -0.15) is 0 Å². The minimum absolute atomic E-state index is 0.0641. The summed E-state index contributed by atoms with van der Waals surface area (Å²) < 4.78 is 23.0. The molecule has 2 rings (SSSR count). The molecule has 0 N–H and O–H groups in total. The van der Waals surface area contributed by atoms with Gasteiger partial charge in [-0.1, -0.05) is 50.6 Å². The van der Waals surface area contributed by atoms with Gasteiger partial charge >= 0.3 is 6.09 Å². The number of nitrogens with zero attached hydrogens (tertiary/aromatic N) is 1. The Hall–Kier alpha value is -1.63. The monoisotopic (exact) mass is 365 g/mol. The molecule has 1 heterocycles. The third-order valence-corrected chi connectivity index (χ3v) is 4.93. The number of rotatable bonds is 8. The lowest BCUT2D eigenvalue weighted by molar-refractivity contribution is -0.311. The van der Waals surface area contributed by atoms with Crippen molar-refractivity contribution in [3.8, 4) is 0 Å². The van der Waals surface area contributed by atoms with Crippen molar-refractivity contribution in [1.82, 2.24) is 4.90 Å². The number of unbranched alkanes of at least 4 members (excludes halogenated alkanes) is 1. The van der Waals surface area contributed by atoms with E-state index in [0.717, 1.165) is 18.4 Å². The van der Waals surface area contributed by atoms with E-state index in [1.807, 2.05) is 37.3 Å². The molecule has 0 saturated carbocycles. The lowest BCUT2D eigenvalue weighted by atomic mass is 9.89. The number of likely N-dealkylation sites (tertiary alicyclic amines) is 1. The van der Waals surface area contributed by atoms with Crippen LogP contribution in [-0.2, 0) is 25.6 Å². The summed E-state index contributed by atoms with van der Waals surface area (Å²) >= 11 is 0. The van der Waals surface area contributed by atoms with Crippen molar-refractivity contribution in [1.29, 1.82) is 0 Å². The van der Waals surface area contributed by atoms with Crippen LogP contribution in [0.5, 0.6) is 0 Å². The van der Waals surface area contributed by atoms with Gasteiger partial charge in [-0.05, 0) is 12.0 Å². The summed E-state index contributed by atoms with van der Waals surface area (Å²) in [6.45, 7) is 5.79. The summed E-state index contributed by atoms with van der Waals surface area (Å²) in [6.07, 6.45) is 1.13. The Labute approximate surface area is 156 Å². The average Bonchev–Trinajstić information content (AvgIpc) is 2.67. The van der Waals surface area contributed by atoms with Crippen molar-refractivity contribution in [2.24, 2.45) is 5.92 Å². The SMILES string of the molecule is CCCCOC(=O)N1CC(C)C(OC)(OC)C(OCc2ccccc2)C1. The lowest BCUT2D eigenvalue weighted by Gasteiger charge is -2.48. The van der Waals surface area contributed by atoms with Gasteiger partial charge < -0.3 is 23.8 Å². The highest BCUT2D eigenvalue weighted by Gasteiger charge is 2.51. The molecule has 1 aliphatic heterocycles. The first kappa shape index (κ1) is 20.7. The van der Waals surface area contributed by atoms with Crippen molar-refractivity contribution >= 4 is 6.09 Å². The zero-order chi connectivity index (χ0) is 19.0. The molecule has 0 radical (unpaired) electrons. The number of ether oxygens (including phenoxy) is 4. The molecule has 2 unspecified atom stereocenters. The van der Waals surface area contributed by atoms with Crippen molar-refractivity contribution in [2.45, 2.75) is 45.2 Å². The molecule has 1 saturated heterocycles. The van der Waals surface area contributed by atoms with Crippen molar-refractivity contribution in [2.75, 3.05) is 33.9 Å². The van der Waals surface area contributed by atoms with Gasteiger partial charge in [0.05, 0.1) is 19.8 Å². The third-order valence-electron chi connectivity index (χ3n) is 4.93.